The standard InChI is InChI=1S/C17H28N2O2/c1-13(2)12-15(19-11-7-6-10-16(19)20)17(21)18-14-8-4-3-5-9-14/h3-4,13-15H,5-12H2,1-2H3,(H,18,21). The molecule has 2 unspecified atom stereocenters. The summed E-state index contributed by atoms with van der Waals surface area (Å²) in [5, 5.41) is 3.16. The first-order valence-electron chi connectivity index (χ1n) is 8.32. The summed E-state index contributed by atoms with van der Waals surface area (Å²) in [5.41, 5.74) is 0. The zero-order valence-corrected chi connectivity index (χ0v) is 13.3. The van der Waals surface area contributed by atoms with E-state index in [0.717, 1.165) is 45.1 Å². The van der Waals surface area contributed by atoms with Crippen LogP contribution in [-0.4, -0.2) is 35.3 Å². The molecule has 0 saturated carbocycles. The lowest BCUT2D eigenvalue weighted by atomic mass is 9.97. The summed E-state index contributed by atoms with van der Waals surface area (Å²) in [7, 11) is 0. The van der Waals surface area contributed by atoms with Gasteiger partial charge in [0.05, 0.1) is 0 Å². The molecule has 2 rings (SSSR count). The van der Waals surface area contributed by atoms with E-state index in [-0.39, 0.29) is 23.9 Å². The highest BCUT2D eigenvalue weighted by atomic mass is 16.2. The summed E-state index contributed by atoms with van der Waals surface area (Å²) >= 11 is 0. The van der Waals surface area contributed by atoms with Gasteiger partial charge in [-0.2, -0.15) is 0 Å². The Bertz CT molecular complexity index is 404. The van der Waals surface area contributed by atoms with Gasteiger partial charge in [-0.1, -0.05) is 26.0 Å². The second kappa shape index (κ2) is 7.62. The molecule has 0 aromatic carbocycles. The van der Waals surface area contributed by atoms with Crippen LogP contribution in [0.15, 0.2) is 12.2 Å². The van der Waals surface area contributed by atoms with Crippen molar-refractivity contribution in [2.45, 2.75) is 70.9 Å². The molecule has 21 heavy (non-hydrogen) atoms. The first-order valence-corrected chi connectivity index (χ1v) is 8.32. The quantitative estimate of drug-likeness (QED) is 0.792. The van der Waals surface area contributed by atoms with Crippen molar-refractivity contribution < 1.29 is 9.59 Å². The fourth-order valence-electron chi connectivity index (χ4n) is 3.20. The summed E-state index contributed by atoms with van der Waals surface area (Å²) in [6, 6.07) is -0.0549. The van der Waals surface area contributed by atoms with Crippen LogP contribution in [0.2, 0.25) is 0 Å². The van der Waals surface area contributed by atoms with Crippen molar-refractivity contribution in [1.29, 1.82) is 0 Å². The number of rotatable bonds is 5. The summed E-state index contributed by atoms with van der Waals surface area (Å²) in [4.78, 5) is 26.6. The van der Waals surface area contributed by atoms with Crippen LogP contribution in [0.4, 0.5) is 0 Å². The Morgan fingerprint density at radius 1 is 1.38 bits per heavy atom. The number of carbonyl (C=O) groups excluding carboxylic acids is 2. The van der Waals surface area contributed by atoms with Gasteiger partial charge in [-0.3, -0.25) is 9.59 Å². The molecule has 4 nitrogen and oxygen atoms in total. The molecule has 2 amide bonds. The first kappa shape index (κ1) is 16.1. The number of likely N-dealkylation sites (tertiary alicyclic amines) is 1. The average Bonchev–Trinajstić information content (AvgIpc) is 2.46. The molecule has 4 heteroatoms. The van der Waals surface area contributed by atoms with Crippen molar-refractivity contribution in [1.82, 2.24) is 10.2 Å². The minimum absolute atomic E-state index is 0.0410. The van der Waals surface area contributed by atoms with E-state index in [9.17, 15) is 9.59 Å². The molecule has 2 atom stereocenters. The molecule has 118 valence electrons. The molecule has 0 aromatic rings. The van der Waals surface area contributed by atoms with E-state index in [4.69, 9.17) is 0 Å². The third kappa shape index (κ3) is 4.58. The minimum atomic E-state index is -0.288. The van der Waals surface area contributed by atoms with Crippen LogP contribution in [0, 0.1) is 5.92 Å². The van der Waals surface area contributed by atoms with E-state index >= 15 is 0 Å². The highest BCUT2D eigenvalue weighted by molar-refractivity contribution is 5.88. The van der Waals surface area contributed by atoms with Gasteiger partial charge in [0.1, 0.15) is 6.04 Å². The highest BCUT2D eigenvalue weighted by Gasteiger charge is 2.32. The zero-order valence-electron chi connectivity index (χ0n) is 13.3. The Balaban J connectivity index is 2.01. The lowest BCUT2D eigenvalue weighted by molar-refractivity contribution is -0.143. The van der Waals surface area contributed by atoms with E-state index in [1.54, 1.807) is 0 Å². The lowest BCUT2D eigenvalue weighted by Gasteiger charge is -2.35. The van der Waals surface area contributed by atoms with E-state index in [1.165, 1.54) is 0 Å². The molecule has 0 bridgehead atoms. The number of hydrogen-bond donors (Lipinski definition) is 1. The normalized spacial score (nSPS) is 24.2. The molecular weight excluding hydrogens is 264 g/mol. The zero-order chi connectivity index (χ0) is 15.2. The van der Waals surface area contributed by atoms with Crippen molar-refractivity contribution >= 4 is 11.8 Å². The second-order valence-corrected chi connectivity index (χ2v) is 6.68. The minimum Gasteiger partial charge on any atom is -0.351 e. The molecule has 0 spiro atoms. The maximum atomic E-state index is 12.7. The maximum absolute atomic E-state index is 12.7. The number of amides is 2. The van der Waals surface area contributed by atoms with Crippen LogP contribution < -0.4 is 5.32 Å². The Morgan fingerprint density at radius 2 is 2.19 bits per heavy atom. The number of allylic oxidation sites excluding steroid dienone is 1. The van der Waals surface area contributed by atoms with Gasteiger partial charge in [0.2, 0.25) is 11.8 Å². The average molecular weight is 292 g/mol. The Kier molecular flexibility index (Phi) is 5.83. The Morgan fingerprint density at radius 3 is 2.81 bits per heavy atom. The predicted molar refractivity (Wildman–Crippen MR) is 83.7 cm³/mol. The van der Waals surface area contributed by atoms with Crippen LogP contribution in [-0.2, 0) is 9.59 Å². The van der Waals surface area contributed by atoms with Crippen LogP contribution in [0.5, 0.6) is 0 Å². The third-order valence-electron chi connectivity index (χ3n) is 4.35. The maximum Gasteiger partial charge on any atom is 0.243 e. The molecule has 1 aliphatic heterocycles. The molecule has 1 fully saturated rings. The molecule has 1 N–H and O–H groups in total. The van der Waals surface area contributed by atoms with Crippen molar-refractivity contribution in [2.24, 2.45) is 5.92 Å². The number of carbonyl (C=O) groups is 2. The van der Waals surface area contributed by atoms with Crippen LogP contribution in [0.3, 0.4) is 0 Å². The van der Waals surface area contributed by atoms with Crippen molar-refractivity contribution in [3.8, 4) is 0 Å². The van der Waals surface area contributed by atoms with E-state index in [2.05, 4.69) is 31.3 Å². The van der Waals surface area contributed by atoms with Crippen LogP contribution in [0.1, 0.15) is 58.8 Å². The van der Waals surface area contributed by atoms with Crippen molar-refractivity contribution in [3.05, 3.63) is 12.2 Å². The van der Waals surface area contributed by atoms with Gasteiger partial charge < -0.3 is 10.2 Å². The number of hydrogen-bond acceptors (Lipinski definition) is 2. The van der Waals surface area contributed by atoms with Gasteiger partial charge in [0.25, 0.3) is 0 Å². The molecule has 0 radical (unpaired) electrons. The Hall–Kier alpha value is -1.32. The SMILES string of the molecule is CC(C)CC(C(=O)NC1CC=CCC1)N1CCCCC1=O. The van der Waals surface area contributed by atoms with Gasteiger partial charge in [0, 0.05) is 19.0 Å². The van der Waals surface area contributed by atoms with E-state index < -0.39 is 0 Å². The smallest absolute Gasteiger partial charge is 0.243 e. The first-order chi connectivity index (χ1) is 10.1. The fourth-order valence-corrected chi connectivity index (χ4v) is 3.20. The second-order valence-electron chi connectivity index (χ2n) is 6.68. The number of nitrogens with zero attached hydrogens (tertiary/aromatic N) is 1. The topological polar surface area (TPSA) is 49.4 Å². The van der Waals surface area contributed by atoms with Gasteiger partial charge in [-0.05, 0) is 44.4 Å². The lowest BCUT2D eigenvalue weighted by Crippen LogP contribution is -2.53. The van der Waals surface area contributed by atoms with Gasteiger partial charge >= 0.3 is 0 Å². The molecule has 1 aliphatic carbocycles. The van der Waals surface area contributed by atoms with Crippen LogP contribution in [0.25, 0.3) is 0 Å². The molecule has 2 aliphatic rings. The van der Waals surface area contributed by atoms with Crippen molar-refractivity contribution in [3.63, 3.8) is 0 Å². The molecule has 0 aromatic heterocycles. The van der Waals surface area contributed by atoms with Gasteiger partial charge in [0.15, 0.2) is 0 Å². The largest absolute Gasteiger partial charge is 0.351 e. The molecular formula is C17H28N2O2. The number of nitrogens with one attached hydrogen (secondary N) is 1. The third-order valence-corrected chi connectivity index (χ3v) is 4.35. The summed E-state index contributed by atoms with van der Waals surface area (Å²) in [6.45, 7) is 4.95. The summed E-state index contributed by atoms with van der Waals surface area (Å²) in [6.07, 6.45) is 10.6. The fraction of sp³-hybridized carbons (Fsp3) is 0.765. The van der Waals surface area contributed by atoms with Crippen molar-refractivity contribution in [2.75, 3.05) is 6.54 Å². The van der Waals surface area contributed by atoms with E-state index in [1.807, 2.05) is 4.90 Å². The van der Waals surface area contributed by atoms with Crippen LogP contribution >= 0.6 is 0 Å². The Labute approximate surface area is 128 Å². The number of piperidine rings is 1. The highest BCUT2D eigenvalue weighted by Crippen LogP contribution is 2.20. The van der Waals surface area contributed by atoms with Gasteiger partial charge in [-0.25, -0.2) is 0 Å². The predicted octanol–water partition coefficient (Wildman–Crippen LogP) is 2.64. The molecule has 1 saturated heterocycles. The van der Waals surface area contributed by atoms with E-state index in [0.29, 0.717) is 12.3 Å². The molecule has 1 heterocycles. The monoisotopic (exact) mass is 292 g/mol. The van der Waals surface area contributed by atoms with Gasteiger partial charge in [-0.15, -0.1) is 0 Å². The summed E-state index contributed by atoms with van der Waals surface area (Å²) in [5.74, 6) is 0.589. The summed E-state index contributed by atoms with van der Waals surface area (Å²) < 4.78 is 0.